The smallest absolute Gasteiger partial charge is 0.312 e. The van der Waals surface area contributed by atoms with Crippen LogP contribution in [-0.4, -0.2) is 51.2 Å². The van der Waals surface area contributed by atoms with Crippen molar-refractivity contribution in [2.24, 2.45) is 0 Å². The minimum absolute atomic E-state index is 0. The van der Waals surface area contributed by atoms with Gasteiger partial charge in [-0.25, -0.2) is 0 Å². The number of halogens is 1. The summed E-state index contributed by atoms with van der Waals surface area (Å²) in [5.74, 6) is 0.0687. The Morgan fingerprint density at radius 2 is 2.18 bits per heavy atom. The van der Waals surface area contributed by atoms with E-state index in [4.69, 9.17) is 0 Å². The van der Waals surface area contributed by atoms with Crippen molar-refractivity contribution >= 4 is 24.0 Å². The zero-order chi connectivity index (χ0) is 15.6. The average Bonchev–Trinajstić information content (AvgIpc) is 2.71. The van der Waals surface area contributed by atoms with E-state index in [1.807, 2.05) is 11.8 Å². The van der Waals surface area contributed by atoms with Crippen molar-refractivity contribution in [3.63, 3.8) is 0 Å². The number of carbonyl (C=O) groups excluding carboxylic acids is 1. The second-order valence-electron chi connectivity index (χ2n) is 5.39. The highest BCUT2D eigenvalue weighted by Crippen LogP contribution is 2.22. The summed E-state index contributed by atoms with van der Waals surface area (Å²) in [5.41, 5.74) is 0.928. The molecule has 22 heavy (non-hydrogen) atoms. The maximum absolute atomic E-state index is 12.2. The van der Waals surface area contributed by atoms with Gasteiger partial charge in [0.1, 0.15) is 11.4 Å². The monoisotopic (exact) mass is 331 g/mol. The summed E-state index contributed by atoms with van der Waals surface area (Å²) >= 11 is 0. The summed E-state index contributed by atoms with van der Waals surface area (Å²) < 4.78 is 1.55. The molecule has 1 amide bonds. The highest BCUT2D eigenvalue weighted by molar-refractivity contribution is 5.85. The van der Waals surface area contributed by atoms with Crippen molar-refractivity contribution < 1.29 is 9.72 Å². The van der Waals surface area contributed by atoms with Gasteiger partial charge in [0.15, 0.2) is 0 Å². The van der Waals surface area contributed by atoms with Crippen LogP contribution in [-0.2, 0) is 11.3 Å². The number of rotatable bonds is 4. The molecule has 1 saturated heterocycles. The first-order valence-electron chi connectivity index (χ1n) is 7.10. The van der Waals surface area contributed by atoms with Crippen LogP contribution in [0, 0.1) is 24.0 Å². The van der Waals surface area contributed by atoms with Crippen LogP contribution in [0.1, 0.15) is 24.7 Å². The number of nitrogens with zero attached hydrogens (tertiary/aromatic N) is 4. The van der Waals surface area contributed by atoms with E-state index >= 15 is 0 Å². The molecule has 2 rings (SSSR count). The van der Waals surface area contributed by atoms with Crippen LogP contribution >= 0.6 is 12.4 Å². The molecule has 124 valence electrons. The first kappa shape index (κ1) is 18.4. The van der Waals surface area contributed by atoms with Crippen molar-refractivity contribution in [2.45, 2.75) is 39.8 Å². The van der Waals surface area contributed by atoms with Gasteiger partial charge in [-0.2, -0.15) is 5.10 Å². The Labute approximate surface area is 135 Å². The maximum Gasteiger partial charge on any atom is 0.312 e. The van der Waals surface area contributed by atoms with Crippen LogP contribution in [0.4, 0.5) is 5.69 Å². The molecule has 1 aliphatic rings. The lowest BCUT2D eigenvalue weighted by atomic mass is 10.2. The predicted octanol–water partition coefficient (Wildman–Crippen LogP) is 1.04. The molecule has 1 fully saturated rings. The first-order valence-corrected chi connectivity index (χ1v) is 7.10. The van der Waals surface area contributed by atoms with Gasteiger partial charge in [0, 0.05) is 32.1 Å². The minimum atomic E-state index is -0.422. The van der Waals surface area contributed by atoms with Crippen molar-refractivity contribution in [1.29, 1.82) is 0 Å². The number of hydrogen-bond donors (Lipinski definition) is 1. The van der Waals surface area contributed by atoms with Gasteiger partial charge >= 0.3 is 5.69 Å². The number of hydrogen-bond acceptors (Lipinski definition) is 5. The standard InChI is InChI=1S/C13H21N5O3.ClH/c1-9-8-14-5-7-16(9)12(19)4-6-17-11(3)13(18(20)21)10(2)15-17;/h9,14H,4-8H2,1-3H3;1H. The molecule has 0 aromatic carbocycles. The number of nitrogens with one attached hydrogen (secondary N) is 1. The summed E-state index contributed by atoms with van der Waals surface area (Å²) in [6.45, 7) is 7.97. The fourth-order valence-electron chi connectivity index (χ4n) is 2.73. The average molecular weight is 332 g/mol. The highest BCUT2D eigenvalue weighted by Gasteiger charge is 2.25. The second kappa shape index (κ2) is 7.55. The molecule has 0 aliphatic carbocycles. The lowest BCUT2D eigenvalue weighted by Crippen LogP contribution is -2.52. The zero-order valence-corrected chi connectivity index (χ0v) is 13.9. The van der Waals surface area contributed by atoms with E-state index in [0.717, 1.165) is 13.1 Å². The molecule has 1 atom stereocenters. The van der Waals surface area contributed by atoms with E-state index in [1.165, 1.54) is 0 Å². The molecule has 1 aromatic rings. The van der Waals surface area contributed by atoms with Crippen molar-refractivity contribution in [1.82, 2.24) is 20.0 Å². The molecule has 1 N–H and O–H groups in total. The lowest BCUT2D eigenvalue weighted by molar-refractivity contribution is -0.386. The van der Waals surface area contributed by atoms with Crippen LogP contribution in [0.25, 0.3) is 0 Å². The van der Waals surface area contributed by atoms with Gasteiger partial charge < -0.3 is 10.2 Å². The van der Waals surface area contributed by atoms with Crippen LogP contribution in [0.2, 0.25) is 0 Å². The van der Waals surface area contributed by atoms with Crippen molar-refractivity contribution in [3.8, 4) is 0 Å². The number of aryl methyl sites for hydroxylation is 2. The molecule has 2 heterocycles. The summed E-state index contributed by atoms with van der Waals surface area (Å²) in [6, 6.07) is 0.182. The highest BCUT2D eigenvalue weighted by atomic mass is 35.5. The third-order valence-electron chi connectivity index (χ3n) is 3.88. The number of aromatic nitrogens is 2. The SMILES string of the molecule is Cc1nn(CCC(=O)N2CCNCC2C)c(C)c1[N+](=O)[O-].Cl. The largest absolute Gasteiger partial charge is 0.337 e. The number of piperazine rings is 1. The van der Waals surface area contributed by atoms with Gasteiger partial charge in [-0.05, 0) is 20.8 Å². The van der Waals surface area contributed by atoms with Crippen molar-refractivity contribution in [3.05, 3.63) is 21.5 Å². The van der Waals surface area contributed by atoms with E-state index in [1.54, 1.807) is 18.5 Å². The molecule has 0 saturated carbocycles. The Balaban J connectivity index is 0.00000242. The van der Waals surface area contributed by atoms with Gasteiger partial charge in [0.25, 0.3) is 0 Å². The first-order chi connectivity index (χ1) is 9.91. The van der Waals surface area contributed by atoms with Crippen LogP contribution in [0.15, 0.2) is 0 Å². The summed E-state index contributed by atoms with van der Waals surface area (Å²) in [5, 5.41) is 18.4. The summed E-state index contributed by atoms with van der Waals surface area (Å²) in [4.78, 5) is 24.6. The normalized spacial score (nSPS) is 18.0. The topological polar surface area (TPSA) is 93.3 Å². The summed E-state index contributed by atoms with van der Waals surface area (Å²) in [7, 11) is 0. The Hall–Kier alpha value is -1.67. The fourth-order valence-corrected chi connectivity index (χ4v) is 2.73. The fraction of sp³-hybridized carbons (Fsp3) is 0.692. The summed E-state index contributed by atoms with van der Waals surface area (Å²) in [6.07, 6.45) is 0.309. The molecule has 1 aliphatic heterocycles. The number of carbonyl (C=O) groups is 1. The van der Waals surface area contributed by atoms with E-state index in [9.17, 15) is 14.9 Å². The molecule has 0 radical (unpaired) electrons. The van der Waals surface area contributed by atoms with Gasteiger partial charge in [-0.3, -0.25) is 19.6 Å². The van der Waals surface area contributed by atoms with Gasteiger partial charge in [-0.1, -0.05) is 0 Å². The molecule has 1 unspecified atom stereocenters. The quantitative estimate of drug-likeness (QED) is 0.657. The molecule has 0 spiro atoms. The van der Waals surface area contributed by atoms with Crippen LogP contribution in [0.5, 0.6) is 0 Å². The predicted molar refractivity (Wildman–Crippen MR) is 84.3 cm³/mol. The van der Waals surface area contributed by atoms with E-state index in [0.29, 0.717) is 30.9 Å². The molecule has 0 bridgehead atoms. The Morgan fingerprint density at radius 3 is 2.73 bits per heavy atom. The van der Waals surface area contributed by atoms with E-state index in [2.05, 4.69) is 10.4 Å². The third kappa shape index (κ3) is 3.75. The van der Waals surface area contributed by atoms with Gasteiger partial charge in [-0.15, -0.1) is 12.4 Å². The van der Waals surface area contributed by atoms with Gasteiger partial charge in [0.2, 0.25) is 5.91 Å². The second-order valence-corrected chi connectivity index (χ2v) is 5.39. The number of amides is 1. The van der Waals surface area contributed by atoms with E-state index < -0.39 is 4.92 Å². The third-order valence-corrected chi connectivity index (χ3v) is 3.88. The lowest BCUT2D eigenvalue weighted by Gasteiger charge is -2.34. The molecule has 8 nitrogen and oxygen atoms in total. The Morgan fingerprint density at radius 1 is 1.50 bits per heavy atom. The number of nitro groups is 1. The van der Waals surface area contributed by atoms with Crippen molar-refractivity contribution in [2.75, 3.05) is 19.6 Å². The van der Waals surface area contributed by atoms with E-state index in [-0.39, 0.29) is 30.0 Å². The Bertz CT molecular complexity index is 560. The minimum Gasteiger partial charge on any atom is -0.337 e. The molecular weight excluding hydrogens is 310 g/mol. The molecular formula is C13H22ClN5O3. The molecule has 9 heteroatoms. The van der Waals surface area contributed by atoms with Gasteiger partial charge in [0.05, 0.1) is 11.5 Å². The van der Waals surface area contributed by atoms with Crippen LogP contribution < -0.4 is 5.32 Å². The van der Waals surface area contributed by atoms with Crippen LogP contribution in [0.3, 0.4) is 0 Å². The molecule has 1 aromatic heterocycles. The Kier molecular flexibility index (Phi) is 6.31. The maximum atomic E-state index is 12.2. The zero-order valence-electron chi connectivity index (χ0n) is 13.0.